The minimum atomic E-state index is -0.974. The molecule has 2 heterocycles. The van der Waals surface area contributed by atoms with Crippen molar-refractivity contribution in [3.63, 3.8) is 0 Å². The van der Waals surface area contributed by atoms with E-state index in [4.69, 9.17) is 0 Å². The summed E-state index contributed by atoms with van der Waals surface area (Å²) in [5, 5.41) is 21.9. The maximum Gasteiger partial charge on any atom is 0.262 e. The van der Waals surface area contributed by atoms with Crippen LogP contribution in [-0.4, -0.2) is 22.9 Å². The van der Waals surface area contributed by atoms with Gasteiger partial charge in [-0.3, -0.25) is 0 Å². The van der Waals surface area contributed by atoms with Crippen LogP contribution in [0.2, 0.25) is 5.82 Å². The Balaban J connectivity index is 0.000000175. The van der Waals surface area contributed by atoms with Crippen LogP contribution in [0.25, 0.3) is 16.3 Å². The summed E-state index contributed by atoms with van der Waals surface area (Å²) >= 11 is 3.44. The molecule has 0 radical (unpaired) electrons. The molecule has 7 heteroatoms. The number of allylic oxidation sites excluding steroid dienone is 2. The lowest BCUT2D eigenvalue weighted by molar-refractivity contribution is -0.665. The van der Waals surface area contributed by atoms with Crippen LogP contribution in [0, 0.1) is 0 Å². The normalized spacial score (nSPS) is 14.2. The van der Waals surface area contributed by atoms with Gasteiger partial charge in [0.15, 0.2) is 0 Å². The Morgan fingerprint density at radius 1 is 0.740 bits per heavy atom. The van der Waals surface area contributed by atoms with Crippen LogP contribution in [-0.2, 0) is 6.54 Å². The number of phenolic OH excluding ortho intramolecular Hbond substituents is 2. The number of aromatic nitrogens is 1. The van der Waals surface area contributed by atoms with Gasteiger partial charge in [-0.1, -0.05) is 140 Å². The first-order valence-corrected chi connectivity index (χ1v) is 19.2. The van der Waals surface area contributed by atoms with E-state index in [-0.39, 0.29) is 0 Å². The van der Waals surface area contributed by atoms with E-state index in [0.29, 0.717) is 17.3 Å². The lowest BCUT2D eigenvalue weighted by Gasteiger charge is -2.48. The second-order valence-electron chi connectivity index (χ2n) is 12.7. The van der Waals surface area contributed by atoms with Gasteiger partial charge >= 0.3 is 0 Å². The molecule has 0 bridgehead atoms. The van der Waals surface area contributed by atoms with E-state index in [2.05, 4.69) is 146 Å². The van der Waals surface area contributed by atoms with Crippen molar-refractivity contribution in [1.82, 2.24) is 0 Å². The van der Waals surface area contributed by atoms with Crippen molar-refractivity contribution >= 4 is 67.6 Å². The molecule has 0 fully saturated rings. The molecule has 0 saturated carbocycles. The Morgan fingerprint density at radius 3 is 1.84 bits per heavy atom. The number of nitrogens with zero attached hydrogens (tertiary/aromatic N) is 2. The standard InChI is InChI=1S/C22H24B.C21H20N2O2S2/c1-3-19(2)23(20-13-7-4-8-14-20,21-15-9-5-10-16-21)22-17-11-6-12-18-22;1-3-22-16-12-14(24)8-10-18(16)26-20(22)6-5-7-21-23(4-2)17-13-15(25)9-11-19(17)27-21/h4-19H,3H2,1-2H3;5-13H,3-4H2,1-2H3,(H-,24,25)/q-1;/p+1. The molecule has 1 aromatic heterocycles. The van der Waals surface area contributed by atoms with E-state index in [9.17, 15) is 10.2 Å². The van der Waals surface area contributed by atoms with Gasteiger partial charge in [0.05, 0.1) is 22.9 Å². The summed E-state index contributed by atoms with van der Waals surface area (Å²) in [6.07, 6.45) is 6.49. The highest BCUT2D eigenvalue weighted by atomic mass is 32.2. The predicted molar refractivity (Wildman–Crippen MR) is 217 cm³/mol. The molecule has 0 amide bonds. The molecule has 1 atom stereocenters. The Morgan fingerprint density at radius 2 is 1.30 bits per heavy atom. The maximum absolute atomic E-state index is 9.78. The van der Waals surface area contributed by atoms with Crippen LogP contribution in [0.15, 0.2) is 149 Å². The highest BCUT2D eigenvalue weighted by Gasteiger charge is 2.34. The molecule has 0 aliphatic carbocycles. The van der Waals surface area contributed by atoms with Crippen LogP contribution < -0.4 is 25.9 Å². The van der Waals surface area contributed by atoms with Gasteiger partial charge in [-0.25, -0.2) is 0 Å². The topological polar surface area (TPSA) is 47.6 Å². The number of hydrogen-bond acceptors (Lipinski definition) is 5. The average Bonchev–Trinajstić information content (AvgIpc) is 3.69. The summed E-state index contributed by atoms with van der Waals surface area (Å²) in [6, 6.07) is 44.1. The summed E-state index contributed by atoms with van der Waals surface area (Å²) in [6.45, 7) is 10.6. The van der Waals surface area contributed by atoms with Crippen LogP contribution >= 0.6 is 23.1 Å². The lowest BCUT2D eigenvalue weighted by atomic mass is 9.10. The number of phenols is 2. The Bertz CT molecular complexity index is 2000. The number of rotatable bonds is 9. The monoisotopic (exact) mass is 696 g/mol. The van der Waals surface area contributed by atoms with Gasteiger partial charge in [0, 0.05) is 23.6 Å². The van der Waals surface area contributed by atoms with Gasteiger partial charge in [0.25, 0.3) is 5.01 Å². The summed E-state index contributed by atoms with van der Waals surface area (Å²) in [4.78, 5) is 3.37. The second-order valence-corrected chi connectivity index (χ2v) is 14.9. The molecular weight excluding hydrogens is 651 g/mol. The van der Waals surface area contributed by atoms with Gasteiger partial charge < -0.3 is 15.1 Å². The van der Waals surface area contributed by atoms with Crippen LogP contribution in [0.5, 0.6) is 11.5 Å². The van der Waals surface area contributed by atoms with Gasteiger partial charge in [0.1, 0.15) is 22.7 Å². The van der Waals surface area contributed by atoms with Crippen molar-refractivity contribution in [3.05, 3.63) is 150 Å². The predicted octanol–water partition coefficient (Wildman–Crippen LogP) is 9.06. The van der Waals surface area contributed by atoms with Crippen molar-refractivity contribution in [1.29, 1.82) is 0 Å². The van der Waals surface area contributed by atoms with E-state index in [0.717, 1.165) is 50.3 Å². The van der Waals surface area contributed by atoms with Gasteiger partial charge in [-0.2, -0.15) is 26.8 Å². The number of aromatic hydroxyl groups is 2. The molecule has 6 aromatic rings. The van der Waals surface area contributed by atoms with E-state index >= 15 is 0 Å². The molecule has 1 aliphatic rings. The minimum Gasteiger partial charge on any atom is -0.508 e. The molecule has 1 aliphatic heterocycles. The third-order valence-electron chi connectivity index (χ3n) is 10.0. The first kappa shape index (κ1) is 35.1. The van der Waals surface area contributed by atoms with Crippen LogP contribution in [0.3, 0.4) is 0 Å². The van der Waals surface area contributed by atoms with E-state index in [1.54, 1.807) is 35.2 Å². The van der Waals surface area contributed by atoms with Crippen molar-refractivity contribution in [2.24, 2.45) is 0 Å². The molecule has 50 heavy (non-hydrogen) atoms. The fourth-order valence-electron chi connectivity index (χ4n) is 7.48. The fourth-order valence-corrected chi connectivity index (χ4v) is 9.72. The van der Waals surface area contributed by atoms with Crippen molar-refractivity contribution < 1.29 is 14.8 Å². The molecule has 254 valence electrons. The van der Waals surface area contributed by atoms with E-state index < -0.39 is 6.15 Å². The molecule has 0 saturated heterocycles. The van der Waals surface area contributed by atoms with Gasteiger partial charge in [-0.05, 0) is 44.2 Å². The van der Waals surface area contributed by atoms with E-state index in [1.807, 2.05) is 24.3 Å². The Hall–Kier alpha value is -4.72. The minimum absolute atomic E-state index is 0.294. The quantitative estimate of drug-likeness (QED) is 0.117. The van der Waals surface area contributed by atoms with Crippen molar-refractivity contribution in [2.45, 2.75) is 51.4 Å². The number of thioether (sulfide) groups is 1. The largest absolute Gasteiger partial charge is 0.508 e. The zero-order valence-electron chi connectivity index (χ0n) is 29.2. The van der Waals surface area contributed by atoms with E-state index in [1.165, 1.54) is 16.4 Å². The fraction of sp³-hybridized carbons (Fsp3) is 0.186. The maximum atomic E-state index is 9.78. The lowest BCUT2D eigenvalue weighted by Crippen LogP contribution is -2.69. The van der Waals surface area contributed by atoms with Crippen LogP contribution in [0.4, 0.5) is 5.69 Å². The summed E-state index contributed by atoms with van der Waals surface area (Å²) in [5.74, 6) is 1.14. The van der Waals surface area contributed by atoms with Gasteiger partial charge in [0.2, 0.25) is 5.52 Å². The molecular formula is C43H45BN2O2S2. The number of anilines is 1. The van der Waals surface area contributed by atoms with Crippen molar-refractivity contribution in [3.8, 4) is 11.5 Å². The first-order chi connectivity index (χ1) is 24.4. The molecule has 0 spiro atoms. The molecule has 4 nitrogen and oxygen atoms in total. The average molecular weight is 697 g/mol. The summed E-state index contributed by atoms with van der Waals surface area (Å²) in [5.41, 5.74) is 6.41. The summed E-state index contributed by atoms with van der Waals surface area (Å²) in [7, 11) is 0. The number of aryl methyl sites for hydroxylation is 1. The molecule has 2 N–H and O–H groups in total. The highest BCUT2D eigenvalue weighted by molar-refractivity contribution is 8.03. The number of benzene rings is 5. The third-order valence-corrected chi connectivity index (χ3v) is 12.3. The molecule has 5 aromatic carbocycles. The Kier molecular flexibility index (Phi) is 11.2. The van der Waals surface area contributed by atoms with Crippen LogP contribution in [0.1, 0.15) is 39.1 Å². The number of hydrogen-bond donors (Lipinski definition) is 2. The zero-order valence-corrected chi connectivity index (χ0v) is 30.9. The first-order valence-electron chi connectivity index (χ1n) is 17.5. The smallest absolute Gasteiger partial charge is 0.262 e. The number of thiazole rings is 1. The van der Waals surface area contributed by atoms with Gasteiger partial charge in [-0.15, -0.1) is 0 Å². The third kappa shape index (κ3) is 6.98. The molecule has 7 rings (SSSR count). The Labute approximate surface area is 305 Å². The SMILES string of the molecule is CCC(C)[B-](c1ccccc1)(c1ccccc1)c1ccccc1.CCN1/C(=C/C=C/c2sc3ccc(O)cc3[n+]2CC)Sc2ccc(O)cc21. The highest BCUT2D eigenvalue weighted by Crippen LogP contribution is 2.47. The van der Waals surface area contributed by atoms with Crippen molar-refractivity contribution in [2.75, 3.05) is 11.4 Å². The zero-order chi connectivity index (χ0) is 35.1. The second kappa shape index (κ2) is 15.9. The molecule has 1 unspecified atom stereocenters. The number of fused-ring (bicyclic) bond motifs is 2. The summed E-state index contributed by atoms with van der Waals surface area (Å²) < 4.78 is 3.37.